The van der Waals surface area contributed by atoms with Gasteiger partial charge in [0.25, 0.3) is 0 Å². The zero-order chi connectivity index (χ0) is 11.8. The second-order valence-electron chi connectivity index (χ2n) is 3.32. The van der Waals surface area contributed by atoms with Crippen molar-refractivity contribution < 1.29 is 14.3 Å². The minimum Gasteiger partial charge on any atom is -0.482 e. The first kappa shape index (κ1) is 12.4. The number of hydrogen-bond acceptors (Lipinski definition) is 4. The van der Waals surface area contributed by atoms with Crippen molar-refractivity contribution in [1.82, 2.24) is 0 Å². The van der Waals surface area contributed by atoms with Gasteiger partial charge in [-0.3, -0.25) is 0 Å². The van der Waals surface area contributed by atoms with E-state index in [1.165, 1.54) is 7.11 Å². The molecule has 0 aliphatic rings. The number of carbonyl (C=O) groups is 1. The molecule has 0 aliphatic heterocycles. The molecule has 0 spiro atoms. The summed E-state index contributed by atoms with van der Waals surface area (Å²) in [6, 6.07) is 7.48. The lowest BCUT2D eigenvalue weighted by Crippen LogP contribution is -2.12. The highest BCUT2D eigenvalue weighted by atomic mass is 16.6. The van der Waals surface area contributed by atoms with Gasteiger partial charge >= 0.3 is 5.97 Å². The van der Waals surface area contributed by atoms with Crippen LogP contribution in [0.15, 0.2) is 24.3 Å². The third kappa shape index (κ3) is 4.21. The molecule has 0 heterocycles. The van der Waals surface area contributed by atoms with Crippen molar-refractivity contribution in [1.29, 1.82) is 0 Å². The van der Waals surface area contributed by atoms with Crippen molar-refractivity contribution in [3.8, 4) is 5.75 Å². The molecule has 0 atom stereocenters. The zero-order valence-corrected chi connectivity index (χ0v) is 9.66. The Kier molecular flexibility index (Phi) is 5.19. The Bertz CT molecular complexity index is 322. The summed E-state index contributed by atoms with van der Waals surface area (Å²) < 4.78 is 9.69. The summed E-state index contributed by atoms with van der Waals surface area (Å²) in [6.45, 7) is 3.00. The lowest BCUT2D eigenvalue weighted by atomic mass is 10.3. The van der Waals surface area contributed by atoms with E-state index < -0.39 is 0 Å². The van der Waals surface area contributed by atoms with Crippen LogP contribution in [0.1, 0.15) is 13.3 Å². The first-order valence-electron chi connectivity index (χ1n) is 5.29. The van der Waals surface area contributed by atoms with Crippen molar-refractivity contribution >= 4 is 11.7 Å². The van der Waals surface area contributed by atoms with Crippen LogP contribution in [0.4, 0.5) is 5.69 Å². The number of nitrogens with one attached hydrogen (secondary N) is 1. The van der Waals surface area contributed by atoms with Gasteiger partial charge in [0, 0.05) is 12.2 Å². The van der Waals surface area contributed by atoms with E-state index in [1.54, 1.807) is 0 Å². The van der Waals surface area contributed by atoms with Gasteiger partial charge in [0.1, 0.15) is 5.75 Å². The number of hydrogen-bond donors (Lipinski definition) is 1. The molecule has 1 aromatic carbocycles. The number of methoxy groups -OCH3 is 1. The van der Waals surface area contributed by atoms with Crippen molar-refractivity contribution in [2.24, 2.45) is 0 Å². The van der Waals surface area contributed by atoms with Crippen LogP contribution < -0.4 is 10.1 Å². The Morgan fingerprint density at radius 2 is 2.00 bits per heavy atom. The Morgan fingerprint density at radius 1 is 1.31 bits per heavy atom. The molecule has 1 N–H and O–H groups in total. The van der Waals surface area contributed by atoms with E-state index in [1.807, 2.05) is 24.3 Å². The van der Waals surface area contributed by atoms with Gasteiger partial charge in [-0.05, 0) is 30.7 Å². The lowest BCUT2D eigenvalue weighted by Gasteiger charge is -2.07. The van der Waals surface area contributed by atoms with Crippen LogP contribution in [0.2, 0.25) is 0 Å². The molecule has 0 radical (unpaired) electrons. The van der Waals surface area contributed by atoms with Crippen molar-refractivity contribution in [3.63, 3.8) is 0 Å². The topological polar surface area (TPSA) is 47.6 Å². The summed E-state index contributed by atoms with van der Waals surface area (Å²) in [5.74, 6) is 0.278. The molecular weight excluding hydrogens is 206 g/mol. The summed E-state index contributed by atoms with van der Waals surface area (Å²) in [6.07, 6.45) is 1.08. The molecule has 0 unspecified atom stereocenters. The third-order valence-electron chi connectivity index (χ3n) is 2.02. The van der Waals surface area contributed by atoms with Crippen molar-refractivity contribution in [2.45, 2.75) is 13.3 Å². The predicted molar refractivity (Wildman–Crippen MR) is 62.7 cm³/mol. The number of esters is 1. The van der Waals surface area contributed by atoms with E-state index in [0.717, 1.165) is 18.7 Å². The van der Waals surface area contributed by atoms with Crippen LogP contribution in [-0.4, -0.2) is 26.2 Å². The van der Waals surface area contributed by atoms with Crippen molar-refractivity contribution in [3.05, 3.63) is 24.3 Å². The SMILES string of the molecule is CCCNc1ccc(OCC(=O)OC)cc1. The van der Waals surface area contributed by atoms with E-state index in [4.69, 9.17) is 4.74 Å². The van der Waals surface area contributed by atoms with Gasteiger partial charge in [-0.2, -0.15) is 0 Å². The summed E-state index contributed by atoms with van der Waals surface area (Å²) in [5, 5.41) is 3.25. The molecular formula is C12H17NO3. The van der Waals surface area contributed by atoms with E-state index in [-0.39, 0.29) is 12.6 Å². The normalized spacial score (nSPS) is 9.62. The number of rotatable bonds is 6. The summed E-state index contributed by atoms with van der Waals surface area (Å²) in [4.78, 5) is 10.8. The third-order valence-corrected chi connectivity index (χ3v) is 2.02. The van der Waals surface area contributed by atoms with Crippen LogP contribution in [-0.2, 0) is 9.53 Å². The second kappa shape index (κ2) is 6.71. The molecule has 4 nitrogen and oxygen atoms in total. The fourth-order valence-electron chi connectivity index (χ4n) is 1.14. The number of ether oxygens (including phenoxy) is 2. The van der Waals surface area contributed by atoms with Gasteiger partial charge < -0.3 is 14.8 Å². The molecule has 0 saturated heterocycles. The maximum atomic E-state index is 10.8. The smallest absolute Gasteiger partial charge is 0.343 e. The average molecular weight is 223 g/mol. The fraction of sp³-hybridized carbons (Fsp3) is 0.417. The predicted octanol–water partition coefficient (Wildman–Crippen LogP) is 2.06. The highest BCUT2D eigenvalue weighted by Crippen LogP contribution is 2.15. The fourth-order valence-corrected chi connectivity index (χ4v) is 1.14. The van der Waals surface area contributed by atoms with Crippen LogP contribution in [0.25, 0.3) is 0 Å². The summed E-state index contributed by atoms with van der Waals surface area (Å²) in [5.41, 5.74) is 1.05. The molecule has 0 aromatic heterocycles. The molecule has 1 aromatic rings. The van der Waals surface area contributed by atoms with Crippen LogP contribution in [0.5, 0.6) is 5.75 Å². The summed E-state index contributed by atoms with van der Waals surface area (Å²) >= 11 is 0. The molecule has 16 heavy (non-hydrogen) atoms. The maximum absolute atomic E-state index is 10.8. The van der Waals surface area contributed by atoms with Gasteiger partial charge in [-0.1, -0.05) is 6.92 Å². The minimum atomic E-state index is -0.381. The Hall–Kier alpha value is -1.71. The molecule has 0 aliphatic carbocycles. The average Bonchev–Trinajstić information content (AvgIpc) is 2.34. The van der Waals surface area contributed by atoms with Gasteiger partial charge in [-0.15, -0.1) is 0 Å². The lowest BCUT2D eigenvalue weighted by molar-refractivity contribution is -0.142. The van der Waals surface area contributed by atoms with E-state index in [0.29, 0.717) is 5.75 Å². The van der Waals surface area contributed by atoms with Crippen LogP contribution in [0, 0.1) is 0 Å². The largest absolute Gasteiger partial charge is 0.482 e. The Labute approximate surface area is 95.6 Å². The Morgan fingerprint density at radius 3 is 2.56 bits per heavy atom. The van der Waals surface area contributed by atoms with Crippen LogP contribution in [0.3, 0.4) is 0 Å². The first-order chi connectivity index (χ1) is 7.76. The van der Waals surface area contributed by atoms with Gasteiger partial charge in [0.15, 0.2) is 6.61 Å². The van der Waals surface area contributed by atoms with E-state index >= 15 is 0 Å². The maximum Gasteiger partial charge on any atom is 0.343 e. The zero-order valence-electron chi connectivity index (χ0n) is 9.66. The molecule has 0 fully saturated rings. The molecule has 88 valence electrons. The molecule has 0 saturated carbocycles. The standard InChI is InChI=1S/C12H17NO3/c1-3-8-13-10-4-6-11(7-5-10)16-9-12(14)15-2/h4-7,13H,3,8-9H2,1-2H3. The number of carbonyl (C=O) groups excluding carboxylic acids is 1. The van der Waals surface area contributed by atoms with E-state index in [2.05, 4.69) is 17.0 Å². The number of benzene rings is 1. The number of anilines is 1. The minimum absolute atomic E-state index is 0.0573. The van der Waals surface area contributed by atoms with Gasteiger partial charge in [0.05, 0.1) is 7.11 Å². The van der Waals surface area contributed by atoms with Crippen LogP contribution >= 0.6 is 0 Å². The van der Waals surface area contributed by atoms with Gasteiger partial charge in [0.2, 0.25) is 0 Å². The molecule has 0 amide bonds. The summed E-state index contributed by atoms with van der Waals surface area (Å²) in [7, 11) is 1.34. The molecule has 4 heteroatoms. The quantitative estimate of drug-likeness (QED) is 0.750. The van der Waals surface area contributed by atoms with E-state index in [9.17, 15) is 4.79 Å². The first-order valence-corrected chi connectivity index (χ1v) is 5.29. The Balaban J connectivity index is 2.41. The molecule has 1 rings (SSSR count). The monoisotopic (exact) mass is 223 g/mol. The molecule has 0 bridgehead atoms. The van der Waals surface area contributed by atoms with Gasteiger partial charge in [-0.25, -0.2) is 4.79 Å². The highest BCUT2D eigenvalue weighted by Gasteiger charge is 2.01. The second-order valence-corrected chi connectivity index (χ2v) is 3.32. The highest BCUT2D eigenvalue weighted by molar-refractivity contribution is 5.70. The van der Waals surface area contributed by atoms with Crippen molar-refractivity contribution in [2.75, 3.05) is 25.6 Å².